The predicted octanol–water partition coefficient (Wildman–Crippen LogP) is 4.39. The monoisotopic (exact) mass is 444 g/mol. The Morgan fingerprint density at radius 1 is 1.13 bits per heavy atom. The van der Waals surface area contributed by atoms with Crippen molar-refractivity contribution in [2.45, 2.75) is 39.0 Å². The highest BCUT2D eigenvalue weighted by Gasteiger charge is 2.37. The molecule has 1 atom stereocenters. The molecular formula is C24H29ClN2O4. The van der Waals surface area contributed by atoms with E-state index < -0.39 is 5.60 Å². The first-order valence-corrected chi connectivity index (χ1v) is 10.2. The van der Waals surface area contributed by atoms with Crippen molar-refractivity contribution >= 4 is 12.4 Å². The number of benzene rings is 2. The third-order valence-electron chi connectivity index (χ3n) is 5.83. The van der Waals surface area contributed by atoms with Crippen LogP contribution in [0.5, 0.6) is 11.5 Å². The number of likely N-dealkylation sites (tertiary alicyclic amines) is 1. The van der Waals surface area contributed by atoms with Crippen molar-refractivity contribution in [1.29, 1.82) is 0 Å². The summed E-state index contributed by atoms with van der Waals surface area (Å²) in [5.74, 6) is 2.14. The van der Waals surface area contributed by atoms with Gasteiger partial charge in [0, 0.05) is 19.6 Å². The number of β-amino-alcohol motifs (C(OH)–C–C–N with tert-alkyl or cyclic N) is 1. The number of halogens is 1. The van der Waals surface area contributed by atoms with Gasteiger partial charge in [-0.3, -0.25) is 4.90 Å². The Labute approximate surface area is 189 Å². The van der Waals surface area contributed by atoms with E-state index >= 15 is 0 Å². The Morgan fingerprint density at radius 2 is 1.90 bits per heavy atom. The highest BCUT2D eigenvalue weighted by molar-refractivity contribution is 5.85. The van der Waals surface area contributed by atoms with Gasteiger partial charge in [0.25, 0.3) is 0 Å². The van der Waals surface area contributed by atoms with Gasteiger partial charge in [-0.1, -0.05) is 41.6 Å². The molecule has 1 aromatic heterocycles. The standard InChI is InChI=1S/C24H28N2O4.ClH/c1-17-21(18(2)30-25-17)15-29-22-10-9-19(13-23(22)28-3)14-26-12-11-24(27,16-26)20-7-5-4-6-8-20;/h4-10,13,27H,11-12,14-16H2,1-3H3;1H. The van der Waals surface area contributed by atoms with Gasteiger partial charge in [-0.2, -0.15) is 0 Å². The zero-order valence-corrected chi connectivity index (χ0v) is 18.9. The maximum Gasteiger partial charge on any atom is 0.161 e. The first kappa shape index (κ1) is 23.1. The van der Waals surface area contributed by atoms with E-state index in [1.807, 2.05) is 62.4 Å². The van der Waals surface area contributed by atoms with E-state index in [2.05, 4.69) is 10.1 Å². The molecule has 6 nitrogen and oxygen atoms in total. The van der Waals surface area contributed by atoms with Gasteiger partial charge in [0.2, 0.25) is 0 Å². The molecule has 0 radical (unpaired) electrons. The minimum absolute atomic E-state index is 0. The number of aryl methyl sites for hydroxylation is 2. The van der Waals surface area contributed by atoms with Crippen LogP contribution in [0.2, 0.25) is 0 Å². The maximum atomic E-state index is 11.1. The zero-order valence-electron chi connectivity index (χ0n) is 18.1. The molecule has 1 aliphatic rings. The Bertz CT molecular complexity index is 989. The van der Waals surface area contributed by atoms with E-state index in [1.165, 1.54) is 0 Å². The molecule has 2 heterocycles. The second-order valence-corrected chi connectivity index (χ2v) is 7.93. The summed E-state index contributed by atoms with van der Waals surface area (Å²) in [5, 5.41) is 15.0. The number of methoxy groups -OCH3 is 1. The summed E-state index contributed by atoms with van der Waals surface area (Å²) in [4.78, 5) is 2.27. The molecule has 7 heteroatoms. The topological polar surface area (TPSA) is 68.0 Å². The van der Waals surface area contributed by atoms with Crippen LogP contribution in [-0.2, 0) is 18.8 Å². The molecule has 1 unspecified atom stereocenters. The van der Waals surface area contributed by atoms with Gasteiger partial charge in [0.05, 0.1) is 18.4 Å². The van der Waals surface area contributed by atoms with Gasteiger partial charge in [0.1, 0.15) is 18.0 Å². The van der Waals surface area contributed by atoms with Crippen molar-refractivity contribution in [1.82, 2.24) is 10.1 Å². The molecular weight excluding hydrogens is 416 g/mol. The molecule has 0 aliphatic carbocycles. The van der Waals surface area contributed by atoms with Gasteiger partial charge in [-0.15, -0.1) is 12.4 Å². The highest BCUT2D eigenvalue weighted by atomic mass is 35.5. The van der Waals surface area contributed by atoms with Crippen molar-refractivity contribution in [2.75, 3.05) is 20.2 Å². The first-order valence-electron chi connectivity index (χ1n) is 10.2. The van der Waals surface area contributed by atoms with Crippen molar-refractivity contribution in [3.63, 3.8) is 0 Å². The van der Waals surface area contributed by atoms with Crippen LogP contribution in [0, 0.1) is 13.8 Å². The van der Waals surface area contributed by atoms with Crippen LogP contribution < -0.4 is 9.47 Å². The van der Waals surface area contributed by atoms with Crippen molar-refractivity contribution in [2.24, 2.45) is 0 Å². The number of rotatable bonds is 7. The summed E-state index contributed by atoms with van der Waals surface area (Å²) in [6.45, 7) is 6.37. The van der Waals surface area contributed by atoms with E-state index in [4.69, 9.17) is 14.0 Å². The maximum absolute atomic E-state index is 11.1. The second-order valence-electron chi connectivity index (χ2n) is 7.93. The van der Waals surface area contributed by atoms with Crippen molar-refractivity contribution in [3.05, 3.63) is 76.7 Å². The summed E-state index contributed by atoms with van der Waals surface area (Å²) < 4.78 is 16.7. The molecule has 166 valence electrons. The predicted molar refractivity (Wildman–Crippen MR) is 121 cm³/mol. The van der Waals surface area contributed by atoms with Gasteiger partial charge in [-0.05, 0) is 43.5 Å². The number of hydrogen-bond acceptors (Lipinski definition) is 6. The Balaban J connectivity index is 0.00000272. The summed E-state index contributed by atoms with van der Waals surface area (Å²) in [7, 11) is 1.64. The van der Waals surface area contributed by atoms with Crippen molar-refractivity contribution < 1.29 is 19.1 Å². The molecule has 1 N–H and O–H groups in total. The van der Waals surface area contributed by atoms with E-state index in [9.17, 15) is 5.11 Å². The quantitative estimate of drug-likeness (QED) is 0.582. The molecule has 1 saturated heterocycles. The van der Waals surface area contributed by atoms with Crippen LogP contribution in [-0.4, -0.2) is 35.4 Å². The third kappa shape index (κ3) is 5.03. The third-order valence-corrected chi connectivity index (χ3v) is 5.83. The summed E-state index contributed by atoms with van der Waals surface area (Å²) >= 11 is 0. The normalized spacial score (nSPS) is 18.6. The van der Waals surface area contributed by atoms with E-state index in [0.717, 1.165) is 47.7 Å². The Morgan fingerprint density at radius 3 is 2.58 bits per heavy atom. The number of nitrogens with zero attached hydrogens (tertiary/aromatic N) is 2. The molecule has 0 saturated carbocycles. The fraction of sp³-hybridized carbons (Fsp3) is 0.375. The molecule has 1 fully saturated rings. The van der Waals surface area contributed by atoms with Crippen LogP contribution in [0.3, 0.4) is 0 Å². The van der Waals surface area contributed by atoms with E-state index in [0.29, 0.717) is 24.7 Å². The molecule has 0 amide bonds. The van der Waals surface area contributed by atoms with Crippen LogP contribution >= 0.6 is 12.4 Å². The van der Waals surface area contributed by atoms with Crippen molar-refractivity contribution in [3.8, 4) is 11.5 Å². The Kier molecular flexibility index (Phi) is 7.26. The molecule has 4 rings (SSSR count). The number of aromatic nitrogens is 1. The largest absolute Gasteiger partial charge is 0.493 e. The van der Waals surface area contributed by atoms with E-state index in [-0.39, 0.29) is 12.4 Å². The molecule has 1 aliphatic heterocycles. The van der Waals surface area contributed by atoms with Crippen LogP contribution in [0.15, 0.2) is 53.1 Å². The molecule has 2 aromatic carbocycles. The number of aliphatic hydroxyl groups is 1. The highest BCUT2D eigenvalue weighted by Crippen LogP contribution is 2.34. The van der Waals surface area contributed by atoms with Gasteiger partial charge >= 0.3 is 0 Å². The fourth-order valence-corrected chi connectivity index (χ4v) is 4.04. The lowest BCUT2D eigenvalue weighted by atomic mass is 9.93. The molecule has 31 heavy (non-hydrogen) atoms. The molecule has 0 bridgehead atoms. The first-order chi connectivity index (χ1) is 14.5. The minimum Gasteiger partial charge on any atom is -0.493 e. The number of ether oxygens (including phenoxy) is 2. The fourth-order valence-electron chi connectivity index (χ4n) is 4.04. The minimum atomic E-state index is -0.789. The lowest BCUT2D eigenvalue weighted by Gasteiger charge is -2.24. The SMILES string of the molecule is COc1cc(CN2CCC(O)(c3ccccc3)C2)ccc1OCc1c(C)noc1C.Cl. The second kappa shape index (κ2) is 9.73. The molecule has 0 spiro atoms. The number of hydrogen-bond donors (Lipinski definition) is 1. The lowest BCUT2D eigenvalue weighted by molar-refractivity contribution is 0.0453. The Hall–Kier alpha value is -2.54. The summed E-state index contributed by atoms with van der Waals surface area (Å²) in [6.07, 6.45) is 0.729. The van der Waals surface area contributed by atoms with Gasteiger partial charge < -0.3 is 19.1 Å². The van der Waals surface area contributed by atoms with Gasteiger partial charge in [-0.25, -0.2) is 0 Å². The molecule has 3 aromatic rings. The summed E-state index contributed by atoms with van der Waals surface area (Å²) in [6, 6.07) is 15.9. The van der Waals surface area contributed by atoms with Crippen LogP contribution in [0.4, 0.5) is 0 Å². The summed E-state index contributed by atoms with van der Waals surface area (Å²) in [5.41, 5.74) is 3.10. The smallest absolute Gasteiger partial charge is 0.161 e. The van der Waals surface area contributed by atoms with Gasteiger partial charge in [0.15, 0.2) is 11.5 Å². The van der Waals surface area contributed by atoms with E-state index in [1.54, 1.807) is 7.11 Å². The zero-order chi connectivity index (χ0) is 21.1. The average molecular weight is 445 g/mol. The van der Waals surface area contributed by atoms with Crippen LogP contribution in [0.25, 0.3) is 0 Å². The average Bonchev–Trinajstić information content (AvgIpc) is 3.30. The van der Waals surface area contributed by atoms with Crippen LogP contribution in [0.1, 0.15) is 34.6 Å². The lowest BCUT2D eigenvalue weighted by Crippen LogP contribution is -2.30.